The van der Waals surface area contributed by atoms with E-state index in [1.54, 1.807) is 0 Å². The van der Waals surface area contributed by atoms with Crippen molar-refractivity contribution in [3.8, 4) is 0 Å². The maximum absolute atomic E-state index is 12.1. The van der Waals surface area contributed by atoms with Crippen LogP contribution in [0.3, 0.4) is 0 Å². The molecular weight excluding hydrogens is 127 g/mol. The summed E-state index contributed by atoms with van der Waals surface area (Å²) in [6, 6.07) is 0. The highest BCUT2D eigenvalue weighted by Crippen LogP contribution is 2.46. The van der Waals surface area contributed by atoms with Crippen molar-refractivity contribution >= 4 is 5.97 Å². The van der Waals surface area contributed by atoms with E-state index in [1.165, 1.54) is 0 Å². The minimum Gasteiger partial charge on any atom is -0.427 e. The first kappa shape index (κ1) is 5.17. The highest BCUT2D eigenvalue weighted by atomic mass is 19.2. The molecule has 2 saturated heterocycles. The van der Waals surface area contributed by atoms with Crippen LogP contribution < -0.4 is 0 Å². The molecule has 2 aliphatic heterocycles. The number of esters is 1. The molecule has 0 saturated carbocycles. The van der Waals surface area contributed by atoms with E-state index in [-0.39, 0.29) is 12.4 Å². The normalized spacial score (nSPS) is 47.7. The fourth-order valence-corrected chi connectivity index (χ4v) is 0.955. The minimum atomic E-state index is -1.37. The zero-order valence-electron chi connectivity index (χ0n) is 4.59. The number of halogens is 1. The van der Waals surface area contributed by atoms with Gasteiger partial charge in [-0.2, -0.15) is 0 Å². The molecule has 2 unspecified atom stereocenters. The molecule has 2 rings (SSSR count). The summed E-state index contributed by atoms with van der Waals surface area (Å²) in [5.41, 5.74) is 0. The largest absolute Gasteiger partial charge is 0.427 e. The predicted molar refractivity (Wildman–Crippen MR) is 24.0 cm³/mol. The lowest BCUT2D eigenvalue weighted by molar-refractivity contribution is -0.147. The summed E-state index contributed by atoms with van der Waals surface area (Å²) in [4.78, 5) is 10.4. The van der Waals surface area contributed by atoms with Gasteiger partial charge in [0.2, 0.25) is 0 Å². The molecule has 2 fully saturated rings. The van der Waals surface area contributed by atoms with Crippen LogP contribution in [0.25, 0.3) is 0 Å². The fourth-order valence-electron chi connectivity index (χ4n) is 0.955. The van der Waals surface area contributed by atoms with Crippen molar-refractivity contribution < 1.29 is 18.7 Å². The van der Waals surface area contributed by atoms with Crippen molar-refractivity contribution in [3.05, 3.63) is 0 Å². The second kappa shape index (κ2) is 1.26. The first-order chi connectivity index (χ1) is 4.23. The van der Waals surface area contributed by atoms with Gasteiger partial charge in [0.1, 0.15) is 0 Å². The quantitative estimate of drug-likeness (QED) is 0.352. The molecule has 2 atom stereocenters. The Labute approximate surface area is 50.7 Å². The van der Waals surface area contributed by atoms with Crippen LogP contribution in [-0.4, -0.2) is 18.1 Å². The maximum atomic E-state index is 12.1. The summed E-state index contributed by atoms with van der Waals surface area (Å²) in [5, 5.41) is 0. The van der Waals surface area contributed by atoms with E-state index in [9.17, 15) is 9.18 Å². The molecule has 0 aromatic heterocycles. The Kier molecular flexibility index (Phi) is 0.725. The van der Waals surface area contributed by atoms with Crippen LogP contribution in [0.2, 0.25) is 0 Å². The number of hydrogen-bond donors (Lipinski definition) is 0. The molecular formula is C5H5FO3. The monoisotopic (exact) mass is 132 g/mol. The second-order valence-corrected chi connectivity index (χ2v) is 2.22. The maximum Gasteiger partial charge on any atom is 0.308 e. The lowest BCUT2D eigenvalue weighted by atomic mass is 10.2. The van der Waals surface area contributed by atoms with Gasteiger partial charge in [-0.1, -0.05) is 0 Å². The summed E-state index contributed by atoms with van der Waals surface area (Å²) in [6.45, 7) is 0. The third-order valence-corrected chi connectivity index (χ3v) is 1.56. The number of rotatable bonds is 0. The van der Waals surface area contributed by atoms with Crippen molar-refractivity contribution in [2.75, 3.05) is 0 Å². The number of hydrogen-bond acceptors (Lipinski definition) is 3. The van der Waals surface area contributed by atoms with Gasteiger partial charge >= 0.3 is 5.97 Å². The summed E-state index contributed by atoms with van der Waals surface area (Å²) in [6.07, 6.45) is -0.725. The Hall–Kier alpha value is -0.640. The molecule has 50 valence electrons. The Morgan fingerprint density at radius 3 is 2.67 bits per heavy atom. The summed E-state index contributed by atoms with van der Waals surface area (Å²) >= 11 is 0. The van der Waals surface area contributed by atoms with Gasteiger partial charge in [0.25, 0.3) is 12.1 Å². The lowest BCUT2D eigenvalue weighted by Gasteiger charge is -1.96. The van der Waals surface area contributed by atoms with Crippen molar-refractivity contribution in [1.82, 2.24) is 0 Å². The number of carbonyl (C=O) groups is 1. The Bertz CT molecular complexity index is 170. The van der Waals surface area contributed by atoms with E-state index in [4.69, 9.17) is 0 Å². The van der Waals surface area contributed by atoms with Crippen LogP contribution in [0.4, 0.5) is 4.39 Å². The smallest absolute Gasteiger partial charge is 0.308 e. The zero-order valence-corrected chi connectivity index (χ0v) is 4.59. The molecule has 0 aliphatic carbocycles. The highest BCUT2D eigenvalue weighted by Gasteiger charge is 2.64. The minimum absolute atomic E-state index is 0.278. The van der Waals surface area contributed by atoms with Crippen LogP contribution in [0, 0.1) is 0 Å². The molecule has 0 aromatic carbocycles. The highest BCUT2D eigenvalue weighted by molar-refractivity contribution is 5.72. The average Bonchev–Trinajstić information content (AvgIpc) is 2.17. The standard InChI is InChI=1S/C5H5FO3/c6-4-5(9-4)2-1-3(7)8-5/h4H,1-2H2. The Balaban J connectivity index is 2.11. The molecule has 9 heavy (non-hydrogen) atoms. The molecule has 2 heterocycles. The lowest BCUT2D eigenvalue weighted by Crippen LogP contribution is -2.11. The van der Waals surface area contributed by atoms with Crippen molar-refractivity contribution in [1.29, 1.82) is 0 Å². The van der Waals surface area contributed by atoms with Crippen LogP contribution in [0.1, 0.15) is 12.8 Å². The van der Waals surface area contributed by atoms with Gasteiger partial charge in [-0.15, -0.1) is 0 Å². The van der Waals surface area contributed by atoms with Gasteiger partial charge < -0.3 is 4.74 Å². The second-order valence-electron chi connectivity index (χ2n) is 2.22. The van der Waals surface area contributed by atoms with Gasteiger partial charge in [-0.3, -0.25) is 9.53 Å². The van der Waals surface area contributed by atoms with Gasteiger partial charge in [0.05, 0.1) is 6.42 Å². The molecule has 2 aliphatic rings. The van der Waals surface area contributed by atoms with Crippen molar-refractivity contribution in [2.45, 2.75) is 25.0 Å². The third kappa shape index (κ3) is 0.564. The summed E-state index contributed by atoms with van der Waals surface area (Å²) in [7, 11) is 0. The Morgan fingerprint density at radius 1 is 1.78 bits per heavy atom. The Morgan fingerprint density at radius 2 is 2.44 bits per heavy atom. The number of ether oxygens (including phenoxy) is 2. The molecule has 0 aromatic rings. The van der Waals surface area contributed by atoms with Crippen LogP contribution in [0.5, 0.6) is 0 Å². The topological polar surface area (TPSA) is 38.8 Å². The molecule has 0 amide bonds. The summed E-state index contributed by atoms with van der Waals surface area (Å²) in [5.74, 6) is -1.51. The molecule has 0 bridgehead atoms. The zero-order chi connectivity index (χ0) is 6.48. The molecule has 3 nitrogen and oxygen atoms in total. The molecule has 1 spiro atoms. The van der Waals surface area contributed by atoms with Crippen molar-refractivity contribution in [3.63, 3.8) is 0 Å². The van der Waals surface area contributed by atoms with Gasteiger partial charge in [0.15, 0.2) is 0 Å². The first-order valence-electron chi connectivity index (χ1n) is 2.77. The van der Waals surface area contributed by atoms with E-state index in [1.807, 2.05) is 0 Å². The van der Waals surface area contributed by atoms with Gasteiger partial charge in [-0.25, -0.2) is 4.39 Å². The number of epoxide rings is 1. The third-order valence-electron chi connectivity index (χ3n) is 1.56. The predicted octanol–water partition coefficient (Wildman–Crippen LogP) is 0.346. The van der Waals surface area contributed by atoms with Crippen molar-refractivity contribution in [2.24, 2.45) is 0 Å². The van der Waals surface area contributed by atoms with E-state index in [2.05, 4.69) is 9.47 Å². The first-order valence-corrected chi connectivity index (χ1v) is 2.77. The van der Waals surface area contributed by atoms with E-state index < -0.39 is 12.1 Å². The number of alkyl halides is 1. The number of carbonyl (C=O) groups excluding carboxylic acids is 1. The van der Waals surface area contributed by atoms with E-state index in [0.717, 1.165) is 0 Å². The summed E-state index contributed by atoms with van der Waals surface area (Å²) < 4.78 is 21.1. The van der Waals surface area contributed by atoms with E-state index >= 15 is 0 Å². The van der Waals surface area contributed by atoms with Crippen LogP contribution in [-0.2, 0) is 14.3 Å². The molecule has 4 heteroatoms. The molecule has 0 radical (unpaired) electrons. The van der Waals surface area contributed by atoms with Gasteiger partial charge in [-0.05, 0) is 0 Å². The van der Waals surface area contributed by atoms with Gasteiger partial charge in [0, 0.05) is 6.42 Å². The van der Waals surface area contributed by atoms with Crippen LogP contribution in [0.15, 0.2) is 0 Å². The average molecular weight is 132 g/mol. The molecule has 0 N–H and O–H groups in total. The SMILES string of the molecule is O=C1CCC2(O1)OC2F. The van der Waals surface area contributed by atoms with Crippen LogP contribution >= 0.6 is 0 Å². The fraction of sp³-hybridized carbons (Fsp3) is 0.800. The van der Waals surface area contributed by atoms with E-state index in [0.29, 0.717) is 6.42 Å².